The number of aromatic nitrogens is 3. The molecule has 2 N–H and O–H groups in total. The van der Waals surface area contributed by atoms with Crippen LogP contribution in [0, 0.1) is 12.8 Å². The van der Waals surface area contributed by atoms with Crippen LogP contribution in [0.3, 0.4) is 0 Å². The Kier molecular flexibility index (Phi) is 10.4. The van der Waals surface area contributed by atoms with Crippen molar-refractivity contribution in [2.75, 3.05) is 25.4 Å². The molecule has 0 aliphatic carbocycles. The first-order chi connectivity index (χ1) is 18.4. The molecule has 1 unspecified atom stereocenters. The van der Waals surface area contributed by atoms with Crippen molar-refractivity contribution in [3.8, 4) is 6.01 Å². The Hall–Kier alpha value is -3.54. The molecule has 0 saturated carbocycles. The average molecular weight is 603 g/mol. The van der Waals surface area contributed by atoms with Gasteiger partial charge in [-0.2, -0.15) is 26.3 Å². The zero-order valence-corrected chi connectivity index (χ0v) is 21.5. The molecule has 0 radical (unpaired) electrons. The number of aliphatic carboxylic acids is 2. The van der Waals surface area contributed by atoms with Gasteiger partial charge in [0.2, 0.25) is 0 Å². The lowest BCUT2D eigenvalue weighted by molar-refractivity contribution is -0.193. The average Bonchev–Trinajstić information content (AvgIpc) is 3.08. The number of halogens is 6. The number of ether oxygens (including phenoxy) is 1. The summed E-state index contributed by atoms with van der Waals surface area (Å²) in [6.45, 7) is 3.95. The number of nitrogens with zero attached hydrogens (tertiary/aromatic N) is 4. The van der Waals surface area contributed by atoms with E-state index in [0.717, 1.165) is 11.4 Å². The lowest BCUT2D eigenvalue weighted by atomic mass is 9.83. The number of carboxylic acids is 2. The largest absolute Gasteiger partial charge is 0.490 e. The van der Waals surface area contributed by atoms with Crippen molar-refractivity contribution in [3.05, 3.63) is 48.0 Å². The Bertz CT molecular complexity index is 1250. The molecule has 2 aromatic heterocycles. The van der Waals surface area contributed by atoms with Crippen LogP contribution in [0.1, 0.15) is 17.8 Å². The van der Waals surface area contributed by atoms with Gasteiger partial charge in [0, 0.05) is 43.6 Å². The second-order valence-corrected chi connectivity index (χ2v) is 11.2. The Labute approximate surface area is 223 Å². The molecule has 2 aromatic rings. The summed E-state index contributed by atoms with van der Waals surface area (Å²) in [6, 6.07) is 7.90. The molecule has 0 bridgehead atoms. The van der Waals surface area contributed by atoms with Gasteiger partial charge in [-0.1, -0.05) is 6.07 Å². The molecule has 2 aliphatic rings. The monoisotopic (exact) mass is 602 g/mol. The minimum Gasteiger partial charge on any atom is -0.475 e. The van der Waals surface area contributed by atoms with E-state index in [0.29, 0.717) is 38.7 Å². The predicted octanol–water partition coefficient (Wildman–Crippen LogP) is 2.51. The Morgan fingerprint density at radius 3 is 2.08 bits per heavy atom. The second kappa shape index (κ2) is 12.8. The van der Waals surface area contributed by atoms with Gasteiger partial charge >= 0.3 is 30.3 Å². The highest BCUT2D eigenvalue weighted by molar-refractivity contribution is 7.93. The Balaban J connectivity index is 0.000000333. The van der Waals surface area contributed by atoms with Crippen molar-refractivity contribution >= 4 is 21.8 Å². The normalized spacial score (nSPS) is 19.3. The number of likely N-dealkylation sites (tertiary alicyclic amines) is 1. The van der Waals surface area contributed by atoms with E-state index in [4.69, 9.17) is 24.5 Å². The standard InChI is InChI=1S/C18H22N4O3S.2C2HF3O2/c1-14-5-8-20-17(21-14)25-11-15-6-9-26(23,24)18(15)12-22(13-18)10-16-4-2-3-7-19-16;2*3-2(4,5)1(6)7/h2-5,7-8,15H,6,9-13H2,1H3;2*(H,6,7). The molecule has 1 spiro atoms. The van der Waals surface area contributed by atoms with Crippen LogP contribution in [0.15, 0.2) is 36.7 Å². The van der Waals surface area contributed by atoms with E-state index in [9.17, 15) is 34.8 Å². The number of hydrogen-bond donors (Lipinski definition) is 2. The molecule has 11 nitrogen and oxygen atoms in total. The number of sulfone groups is 1. The third-order valence-corrected chi connectivity index (χ3v) is 8.47. The third-order valence-electron chi connectivity index (χ3n) is 5.86. The molecule has 2 fully saturated rings. The molecule has 1 atom stereocenters. The first-order valence-electron chi connectivity index (χ1n) is 11.2. The number of alkyl halides is 6. The highest BCUT2D eigenvalue weighted by Crippen LogP contribution is 2.45. The molecule has 2 aliphatic heterocycles. The summed E-state index contributed by atoms with van der Waals surface area (Å²) in [5, 5.41) is 14.2. The summed E-state index contributed by atoms with van der Waals surface area (Å²) in [4.78, 5) is 32.6. The molecule has 18 heteroatoms. The van der Waals surface area contributed by atoms with E-state index in [1.165, 1.54) is 0 Å². The van der Waals surface area contributed by atoms with Gasteiger partial charge in [-0.3, -0.25) is 9.88 Å². The van der Waals surface area contributed by atoms with Crippen molar-refractivity contribution in [3.63, 3.8) is 0 Å². The smallest absolute Gasteiger partial charge is 0.475 e. The first-order valence-corrected chi connectivity index (χ1v) is 12.9. The fourth-order valence-electron chi connectivity index (χ4n) is 3.92. The van der Waals surface area contributed by atoms with Crippen LogP contribution >= 0.6 is 0 Å². The summed E-state index contributed by atoms with van der Waals surface area (Å²) in [5.74, 6) is -5.32. The second-order valence-electron chi connectivity index (χ2n) is 8.73. The summed E-state index contributed by atoms with van der Waals surface area (Å²) >= 11 is 0. The van der Waals surface area contributed by atoms with Crippen LogP contribution in [0.2, 0.25) is 0 Å². The van der Waals surface area contributed by atoms with Gasteiger partial charge in [-0.15, -0.1) is 0 Å². The number of aryl methyl sites for hydroxylation is 1. The van der Waals surface area contributed by atoms with Crippen LogP contribution < -0.4 is 4.74 Å². The number of carboxylic acid groups (broad SMARTS) is 2. The van der Waals surface area contributed by atoms with E-state index < -0.39 is 38.9 Å². The predicted molar refractivity (Wildman–Crippen MR) is 124 cm³/mol. The minimum atomic E-state index is -5.08. The van der Waals surface area contributed by atoms with E-state index in [1.807, 2.05) is 25.1 Å². The van der Waals surface area contributed by atoms with Crippen molar-refractivity contribution in [1.82, 2.24) is 19.9 Å². The summed E-state index contributed by atoms with van der Waals surface area (Å²) < 4.78 is 93.9. The molecular weight excluding hydrogens is 578 g/mol. The van der Waals surface area contributed by atoms with Crippen molar-refractivity contribution in [2.45, 2.75) is 37.0 Å². The van der Waals surface area contributed by atoms with Gasteiger partial charge in [0.05, 0.1) is 18.1 Å². The zero-order chi connectivity index (χ0) is 30.4. The van der Waals surface area contributed by atoms with Crippen molar-refractivity contribution in [1.29, 1.82) is 0 Å². The van der Waals surface area contributed by atoms with Gasteiger partial charge < -0.3 is 14.9 Å². The van der Waals surface area contributed by atoms with E-state index in [1.54, 1.807) is 18.5 Å². The molecule has 4 rings (SSSR count). The number of hydrogen-bond acceptors (Lipinski definition) is 9. The summed E-state index contributed by atoms with van der Waals surface area (Å²) in [7, 11) is -3.12. The van der Waals surface area contributed by atoms with Crippen LogP contribution in [-0.2, 0) is 26.0 Å². The van der Waals surface area contributed by atoms with Crippen LogP contribution in [0.25, 0.3) is 0 Å². The van der Waals surface area contributed by atoms with E-state index >= 15 is 0 Å². The van der Waals surface area contributed by atoms with E-state index in [-0.39, 0.29) is 11.7 Å². The lowest BCUT2D eigenvalue weighted by Gasteiger charge is -2.49. The van der Waals surface area contributed by atoms with Crippen LogP contribution in [0.5, 0.6) is 6.01 Å². The van der Waals surface area contributed by atoms with Gasteiger partial charge in [-0.25, -0.2) is 28.0 Å². The number of rotatable bonds is 5. The third kappa shape index (κ3) is 8.73. The fourth-order valence-corrected chi connectivity index (χ4v) is 6.38. The lowest BCUT2D eigenvalue weighted by Crippen LogP contribution is -2.67. The number of carbonyl (C=O) groups is 2. The van der Waals surface area contributed by atoms with Gasteiger partial charge in [0.25, 0.3) is 0 Å². The van der Waals surface area contributed by atoms with E-state index in [2.05, 4.69) is 19.9 Å². The Morgan fingerprint density at radius 2 is 1.60 bits per heavy atom. The van der Waals surface area contributed by atoms with Gasteiger partial charge in [0.1, 0.15) is 4.75 Å². The molecule has 0 amide bonds. The number of pyridine rings is 1. The molecule has 2 saturated heterocycles. The maximum Gasteiger partial charge on any atom is 0.490 e. The van der Waals surface area contributed by atoms with Crippen LogP contribution in [0.4, 0.5) is 26.3 Å². The van der Waals surface area contributed by atoms with Crippen molar-refractivity contribution < 1.29 is 59.3 Å². The first kappa shape index (κ1) is 32.7. The minimum absolute atomic E-state index is 0.0309. The zero-order valence-electron chi connectivity index (χ0n) is 20.7. The highest BCUT2D eigenvalue weighted by Gasteiger charge is 2.61. The van der Waals surface area contributed by atoms with Gasteiger partial charge in [-0.05, 0) is 31.5 Å². The summed E-state index contributed by atoms with van der Waals surface area (Å²) in [5.41, 5.74) is 1.78. The maximum atomic E-state index is 12.7. The Morgan fingerprint density at radius 1 is 1.02 bits per heavy atom. The summed E-state index contributed by atoms with van der Waals surface area (Å²) in [6.07, 6.45) is -6.13. The molecule has 0 aromatic carbocycles. The fraction of sp³-hybridized carbons (Fsp3) is 0.500. The quantitative estimate of drug-likeness (QED) is 0.484. The topological polar surface area (TPSA) is 160 Å². The SMILES string of the molecule is Cc1ccnc(OCC2CCS(=O)(=O)C23CN(Cc2ccccn2)C3)n1.O=C(O)C(F)(F)F.O=C(O)C(F)(F)F. The van der Waals surface area contributed by atoms with Crippen molar-refractivity contribution in [2.24, 2.45) is 5.92 Å². The highest BCUT2D eigenvalue weighted by atomic mass is 32.2. The molecule has 222 valence electrons. The molecule has 40 heavy (non-hydrogen) atoms. The van der Waals surface area contributed by atoms with Gasteiger partial charge in [0.15, 0.2) is 9.84 Å². The molecule has 4 heterocycles. The molecular formula is C22H24F6N4O7S. The van der Waals surface area contributed by atoms with Crippen LogP contribution in [-0.4, -0.2) is 93.0 Å². The maximum absolute atomic E-state index is 12.7.